The molecule has 1 saturated heterocycles. The highest BCUT2D eigenvalue weighted by Crippen LogP contribution is 2.53. The third-order valence-corrected chi connectivity index (χ3v) is 7.08. The molecule has 6 atom stereocenters. The molecule has 1 saturated carbocycles. The van der Waals surface area contributed by atoms with Crippen LogP contribution in [0.3, 0.4) is 0 Å². The standard InChI is InChI=1S/C20H30O3/c1-13-6-5-10-20(4)18(23-20)17(22)15-8-7-14(2)19(3,11-9-13)16(15)12-21/h6,12,14-16,18H,5,7-11H2,1-4H3/b13-6-/t14-,15-,16+,18-,19+,20+/m1/s1. The summed E-state index contributed by atoms with van der Waals surface area (Å²) in [6.45, 7) is 8.71. The lowest BCUT2D eigenvalue weighted by atomic mass is 9.55. The lowest BCUT2D eigenvalue weighted by molar-refractivity contribution is -0.138. The monoisotopic (exact) mass is 318 g/mol. The Balaban J connectivity index is 1.96. The van der Waals surface area contributed by atoms with Crippen molar-refractivity contribution in [1.29, 1.82) is 0 Å². The Morgan fingerprint density at radius 2 is 2.00 bits per heavy atom. The van der Waals surface area contributed by atoms with Crippen LogP contribution in [0.5, 0.6) is 0 Å². The summed E-state index contributed by atoms with van der Waals surface area (Å²) in [6.07, 6.45) is 8.82. The van der Waals surface area contributed by atoms with Gasteiger partial charge in [-0.15, -0.1) is 0 Å². The van der Waals surface area contributed by atoms with Crippen LogP contribution >= 0.6 is 0 Å². The largest absolute Gasteiger partial charge is 0.358 e. The number of aldehydes is 1. The summed E-state index contributed by atoms with van der Waals surface area (Å²) in [5.74, 6) is 0.344. The first-order chi connectivity index (χ1) is 10.8. The normalized spacial score (nSPS) is 49.9. The lowest BCUT2D eigenvalue weighted by Crippen LogP contribution is -2.47. The fraction of sp³-hybridized carbons (Fsp3) is 0.800. The SMILES string of the molecule is C/C1=C/CC[C@]2(C)O[C@@H]2C(=O)[C@@H]2CC[C@@H](C)[C@](C)(CC1)[C@H]2C=O. The number of carbonyl (C=O) groups excluding carboxylic acids is 2. The summed E-state index contributed by atoms with van der Waals surface area (Å²) in [5, 5.41) is 0. The van der Waals surface area contributed by atoms with Crippen LogP contribution in [0.25, 0.3) is 0 Å². The van der Waals surface area contributed by atoms with Crippen molar-refractivity contribution in [3.8, 4) is 0 Å². The van der Waals surface area contributed by atoms with Gasteiger partial charge in [0.2, 0.25) is 0 Å². The molecule has 0 amide bonds. The van der Waals surface area contributed by atoms with Gasteiger partial charge in [0, 0.05) is 11.8 Å². The summed E-state index contributed by atoms with van der Waals surface area (Å²) in [6, 6.07) is 0. The highest BCUT2D eigenvalue weighted by Gasteiger charge is 2.60. The van der Waals surface area contributed by atoms with E-state index in [9.17, 15) is 9.59 Å². The maximum Gasteiger partial charge on any atom is 0.168 e. The lowest BCUT2D eigenvalue weighted by Gasteiger charge is -2.48. The first-order valence-corrected chi connectivity index (χ1v) is 9.14. The Bertz CT molecular complexity index is 537. The number of ether oxygens (including phenoxy) is 1. The van der Waals surface area contributed by atoms with E-state index < -0.39 is 0 Å². The average molecular weight is 318 g/mol. The van der Waals surface area contributed by atoms with E-state index in [1.807, 2.05) is 6.92 Å². The van der Waals surface area contributed by atoms with E-state index in [0.29, 0.717) is 5.92 Å². The molecule has 0 aromatic rings. The molecule has 3 nitrogen and oxygen atoms in total. The van der Waals surface area contributed by atoms with E-state index >= 15 is 0 Å². The van der Waals surface area contributed by atoms with Gasteiger partial charge in [0.05, 0.1) is 0 Å². The van der Waals surface area contributed by atoms with E-state index in [1.165, 1.54) is 5.57 Å². The zero-order valence-electron chi connectivity index (χ0n) is 14.9. The molecule has 0 spiro atoms. The van der Waals surface area contributed by atoms with Crippen molar-refractivity contribution in [2.75, 3.05) is 0 Å². The smallest absolute Gasteiger partial charge is 0.168 e. The predicted octanol–water partition coefficient (Wildman–Crippen LogP) is 4.10. The molecular formula is C20H30O3. The van der Waals surface area contributed by atoms with Crippen LogP contribution in [0.15, 0.2) is 11.6 Å². The molecule has 2 aliphatic carbocycles. The summed E-state index contributed by atoms with van der Waals surface area (Å²) in [4.78, 5) is 25.0. The fourth-order valence-electron chi connectivity index (χ4n) is 4.86. The van der Waals surface area contributed by atoms with E-state index in [1.54, 1.807) is 0 Å². The molecule has 128 valence electrons. The highest BCUT2D eigenvalue weighted by molar-refractivity contribution is 5.91. The van der Waals surface area contributed by atoms with Crippen molar-refractivity contribution in [1.82, 2.24) is 0 Å². The number of allylic oxidation sites excluding steroid dienone is 2. The van der Waals surface area contributed by atoms with Crippen LogP contribution in [0.4, 0.5) is 0 Å². The van der Waals surface area contributed by atoms with Gasteiger partial charge < -0.3 is 9.53 Å². The van der Waals surface area contributed by atoms with Crippen LogP contribution < -0.4 is 0 Å². The van der Waals surface area contributed by atoms with Gasteiger partial charge in [0.15, 0.2) is 5.78 Å². The summed E-state index contributed by atoms with van der Waals surface area (Å²) < 4.78 is 5.81. The number of carbonyl (C=O) groups is 2. The van der Waals surface area contributed by atoms with Gasteiger partial charge >= 0.3 is 0 Å². The minimum atomic E-state index is -0.306. The zero-order chi connectivity index (χ0) is 16.8. The maximum atomic E-state index is 13.0. The molecule has 0 unspecified atom stereocenters. The first kappa shape index (κ1) is 16.9. The van der Waals surface area contributed by atoms with Gasteiger partial charge in [-0.3, -0.25) is 4.79 Å². The predicted molar refractivity (Wildman–Crippen MR) is 90.1 cm³/mol. The molecular weight excluding hydrogens is 288 g/mol. The third kappa shape index (κ3) is 2.82. The van der Waals surface area contributed by atoms with Gasteiger partial charge in [-0.05, 0) is 63.7 Å². The Morgan fingerprint density at radius 3 is 2.70 bits per heavy atom. The van der Waals surface area contributed by atoms with Crippen LogP contribution in [0.1, 0.15) is 66.2 Å². The number of Topliss-reactive ketones (excluding diaryl/α,β-unsaturated/α-hetero) is 1. The molecule has 23 heavy (non-hydrogen) atoms. The van der Waals surface area contributed by atoms with E-state index in [-0.39, 0.29) is 34.7 Å². The van der Waals surface area contributed by atoms with Crippen molar-refractivity contribution in [2.24, 2.45) is 23.2 Å². The first-order valence-electron chi connectivity index (χ1n) is 9.14. The second-order valence-corrected chi connectivity index (χ2v) is 8.55. The van der Waals surface area contributed by atoms with Crippen LogP contribution in [-0.4, -0.2) is 23.8 Å². The van der Waals surface area contributed by atoms with Crippen LogP contribution in [0.2, 0.25) is 0 Å². The van der Waals surface area contributed by atoms with Gasteiger partial charge in [-0.1, -0.05) is 25.5 Å². The maximum absolute atomic E-state index is 13.0. The third-order valence-electron chi connectivity index (χ3n) is 7.08. The summed E-state index contributed by atoms with van der Waals surface area (Å²) >= 11 is 0. The molecule has 3 aliphatic rings. The molecule has 3 heteroatoms. The van der Waals surface area contributed by atoms with Crippen molar-refractivity contribution in [2.45, 2.75) is 77.9 Å². The van der Waals surface area contributed by atoms with E-state index in [4.69, 9.17) is 4.74 Å². The topological polar surface area (TPSA) is 46.7 Å². The summed E-state index contributed by atoms with van der Waals surface area (Å²) in [5.41, 5.74) is 1.01. The van der Waals surface area contributed by atoms with Gasteiger partial charge in [0.1, 0.15) is 18.0 Å². The van der Waals surface area contributed by atoms with Crippen molar-refractivity contribution >= 4 is 12.1 Å². The Labute approximate surface area is 139 Å². The minimum absolute atomic E-state index is 0.0834. The molecule has 2 bridgehead atoms. The van der Waals surface area contributed by atoms with E-state index in [0.717, 1.165) is 44.8 Å². The highest BCUT2D eigenvalue weighted by atomic mass is 16.6. The van der Waals surface area contributed by atoms with Gasteiger partial charge in [-0.2, -0.15) is 0 Å². The van der Waals surface area contributed by atoms with E-state index in [2.05, 4.69) is 26.8 Å². The van der Waals surface area contributed by atoms with Crippen molar-refractivity contribution in [3.63, 3.8) is 0 Å². The molecule has 1 aliphatic heterocycles. The number of hydrogen-bond donors (Lipinski definition) is 0. The average Bonchev–Trinajstić information content (AvgIpc) is 3.18. The molecule has 0 aromatic heterocycles. The van der Waals surface area contributed by atoms with Gasteiger partial charge in [0.25, 0.3) is 0 Å². The molecule has 0 N–H and O–H groups in total. The number of ketones is 1. The van der Waals surface area contributed by atoms with Gasteiger partial charge in [-0.25, -0.2) is 0 Å². The van der Waals surface area contributed by atoms with Crippen molar-refractivity contribution < 1.29 is 14.3 Å². The van der Waals surface area contributed by atoms with Crippen LogP contribution in [0, 0.1) is 23.2 Å². The molecule has 2 fully saturated rings. The Morgan fingerprint density at radius 1 is 1.26 bits per heavy atom. The Kier molecular flexibility index (Phi) is 4.29. The fourth-order valence-corrected chi connectivity index (χ4v) is 4.86. The number of hydrogen-bond acceptors (Lipinski definition) is 3. The van der Waals surface area contributed by atoms with Crippen molar-refractivity contribution in [3.05, 3.63) is 11.6 Å². The summed E-state index contributed by atoms with van der Waals surface area (Å²) in [7, 11) is 0. The number of fused-ring (bicyclic) bond motifs is 3. The molecule has 3 rings (SSSR count). The molecule has 1 heterocycles. The second-order valence-electron chi connectivity index (χ2n) is 8.55. The Hall–Kier alpha value is -0.960. The number of epoxide rings is 1. The molecule has 0 aromatic carbocycles. The number of rotatable bonds is 1. The second kappa shape index (κ2) is 5.84. The quantitative estimate of drug-likeness (QED) is 0.415. The van der Waals surface area contributed by atoms with Crippen LogP contribution in [-0.2, 0) is 14.3 Å². The minimum Gasteiger partial charge on any atom is -0.358 e. The zero-order valence-corrected chi connectivity index (χ0v) is 14.9. The molecule has 0 radical (unpaired) electrons.